The van der Waals surface area contributed by atoms with E-state index in [1.807, 2.05) is 60.7 Å². The Morgan fingerprint density at radius 3 is 1.36 bits per heavy atom. The molecule has 8 rings (SSSR count). The SMILES string of the molecule is O=C(O)C(Cc1cccc(CN(Cc2cc3cc(CC(C(=O)O)C4CCNC4)ccc3o2)Cc2cc3cc(CC(C(=O)O)C4CCNC4)ccc3o2)c1)C1CCNC1. The number of nitrogens with one attached hydrogen (secondary N) is 3. The summed E-state index contributed by atoms with van der Waals surface area (Å²) in [7, 11) is 0. The summed E-state index contributed by atoms with van der Waals surface area (Å²) in [5.41, 5.74) is 5.45. The Bertz CT molecular complexity index is 2110. The number of aliphatic carboxylic acids is 3. The average Bonchev–Trinajstić information content (AvgIpc) is 4.05. The van der Waals surface area contributed by atoms with E-state index in [4.69, 9.17) is 8.83 Å². The molecule has 306 valence electrons. The molecule has 5 aromatic rings. The number of nitrogens with zero attached hydrogens (tertiary/aromatic N) is 1. The van der Waals surface area contributed by atoms with Gasteiger partial charge in [0.05, 0.1) is 30.8 Å². The third kappa shape index (κ3) is 9.47. The van der Waals surface area contributed by atoms with Gasteiger partial charge >= 0.3 is 17.9 Å². The molecule has 58 heavy (non-hydrogen) atoms. The first-order valence-electron chi connectivity index (χ1n) is 20.8. The van der Waals surface area contributed by atoms with Gasteiger partial charge in [-0.1, -0.05) is 36.4 Å². The lowest BCUT2D eigenvalue weighted by Gasteiger charge is -2.22. The van der Waals surface area contributed by atoms with Crippen LogP contribution in [-0.2, 0) is 53.3 Å². The molecule has 0 spiro atoms. The second-order valence-corrected chi connectivity index (χ2v) is 16.8. The number of rotatable bonds is 18. The van der Waals surface area contributed by atoms with Crippen molar-refractivity contribution in [1.29, 1.82) is 0 Å². The monoisotopic (exact) mass is 790 g/mol. The highest BCUT2D eigenvalue weighted by atomic mass is 16.4. The van der Waals surface area contributed by atoms with Gasteiger partial charge in [0.2, 0.25) is 0 Å². The molecule has 3 aliphatic heterocycles. The molecule has 2 aromatic heterocycles. The molecule has 3 aromatic carbocycles. The van der Waals surface area contributed by atoms with E-state index in [0.29, 0.717) is 38.9 Å². The van der Waals surface area contributed by atoms with Crippen molar-refractivity contribution >= 4 is 39.8 Å². The third-order valence-corrected chi connectivity index (χ3v) is 12.7. The molecule has 0 amide bonds. The zero-order valence-electron chi connectivity index (χ0n) is 32.8. The molecule has 12 heteroatoms. The van der Waals surface area contributed by atoms with E-state index in [1.54, 1.807) is 0 Å². The normalized spacial score (nSPS) is 21.2. The molecule has 0 bridgehead atoms. The second-order valence-electron chi connectivity index (χ2n) is 16.8. The van der Waals surface area contributed by atoms with Gasteiger partial charge in [-0.05, 0) is 154 Å². The minimum Gasteiger partial charge on any atom is -0.481 e. The van der Waals surface area contributed by atoms with Crippen molar-refractivity contribution in [3.8, 4) is 0 Å². The minimum atomic E-state index is -0.761. The summed E-state index contributed by atoms with van der Waals surface area (Å²) in [4.78, 5) is 39.0. The summed E-state index contributed by atoms with van der Waals surface area (Å²) < 4.78 is 12.8. The number of fused-ring (bicyclic) bond motifs is 2. The molecular formula is C46H54N4O8. The van der Waals surface area contributed by atoms with Crippen LogP contribution in [-0.4, -0.2) is 77.4 Å². The summed E-state index contributed by atoms with van der Waals surface area (Å²) in [5.74, 6) is -1.80. The third-order valence-electron chi connectivity index (χ3n) is 12.7. The molecule has 5 heterocycles. The number of furan rings is 2. The Morgan fingerprint density at radius 2 is 0.966 bits per heavy atom. The van der Waals surface area contributed by atoms with Crippen molar-refractivity contribution in [2.45, 2.75) is 58.2 Å². The lowest BCUT2D eigenvalue weighted by molar-refractivity contribution is -0.144. The largest absolute Gasteiger partial charge is 0.481 e. The van der Waals surface area contributed by atoms with Crippen LogP contribution in [0.5, 0.6) is 0 Å². The fraction of sp³-hybridized carbons (Fsp3) is 0.457. The first-order valence-corrected chi connectivity index (χ1v) is 20.8. The minimum absolute atomic E-state index is 0.101. The molecule has 0 saturated carbocycles. The smallest absolute Gasteiger partial charge is 0.307 e. The summed E-state index contributed by atoms with van der Waals surface area (Å²) in [5, 5.41) is 41.9. The molecule has 3 aliphatic rings. The summed E-state index contributed by atoms with van der Waals surface area (Å²) in [6.45, 7) is 6.18. The topological polar surface area (TPSA) is 178 Å². The molecule has 0 aliphatic carbocycles. The molecule has 3 saturated heterocycles. The molecule has 12 nitrogen and oxygen atoms in total. The lowest BCUT2D eigenvalue weighted by atomic mass is 9.86. The van der Waals surface area contributed by atoms with Gasteiger partial charge in [-0.15, -0.1) is 0 Å². The van der Waals surface area contributed by atoms with E-state index in [-0.39, 0.29) is 17.8 Å². The highest BCUT2D eigenvalue weighted by Gasteiger charge is 2.33. The van der Waals surface area contributed by atoms with Crippen LogP contribution in [0.2, 0.25) is 0 Å². The fourth-order valence-corrected chi connectivity index (χ4v) is 9.62. The quantitative estimate of drug-likeness (QED) is 0.0617. The van der Waals surface area contributed by atoms with Crippen molar-refractivity contribution in [1.82, 2.24) is 20.9 Å². The highest BCUT2D eigenvalue weighted by Crippen LogP contribution is 2.31. The van der Waals surface area contributed by atoms with Crippen LogP contribution in [0.3, 0.4) is 0 Å². The predicted molar refractivity (Wildman–Crippen MR) is 219 cm³/mol. The van der Waals surface area contributed by atoms with Gasteiger partial charge in [-0.25, -0.2) is 0 Å². The van der Waals surface area contributed by atoms with Crippen LogP contribution in [0, 0.1) is 35.5 Å². The second kappa shape index (κ2) is 17.9. The zero-order chi connectivity index (χ0) is 40.2. The Morgan fingerprint density at radius 1 is 0.552 bits per heavy atom. The summed E-state index contributed by atoms with van der Waals surface area (Å²) in [6, 6.07) is 24.1. The van der Waals surface area contributed by atoms with Crippen molar-refractivity contribution in [2.24, 2.45) is 35.5 Å². The predicted octanol–water partition coefficient (Wildman–Crippen LogP) is 5.94. The first kappa shape index (κ1) is 39.8. The number of benzene rings is 3. The van der Waals surface area contributed by atoms with Crippen LogP contribution in [0.15, 0.2) is 81.6 Å². The van der Waals surface area contributed by atoms with Crippen molar-refractivity contribution < 1.29 is 38.5 Å². The van der Waals surface area contributed by atoms with Gasteiger partial charge in [0.15, 0.2) is 0 Å². The van der Waals surface area contributed by atoms with Crippen LogP contribution in [0.1, 0.15) is 53.0 Å². The van der Waals surface area contributed by atoms with E-state index in [0.717, 1.165) is 114 Å². The van der Waals surface area contributed by atoms with Crippen LogP contribution in [0.25, 0.3) is 21.9 Å². The van der Waals surface area contributed by atoms with Gasteiger partial charge < -0.3 is 40.1 Å². The fourth-order valence-electron chi connectivity index (χ4n) is 9.62. The standard InChI is InChI=1S/C46H54N4O8/c51-44(52)39(32-8-11-47-22-32)17-28-2-1-3-31(14-28)25-50(26-37-20-35-15-29(4-6-42(35)57-37)18-40(45(53)54)33-9-12-48-23-33)27-38-21-36-16-30(5-7-43(36)58-38)19-41(46(55)56)34-10-13-49-24-34/h1-7,14-16,20-21,32-34,39-41,47-49H,8-13,17-19,22-27H2,(H,51,52)(H,53,54)(H,55,56). The van der Waals surface area contributed by atoms with Gasteiger partial charge in [-0.3, -0.25) is 19.3 Å². The van der Waals surface area contributed by atoms with E-state index in [1.165, 1.54) is 0 Å². The Hall–Kier alpha value is -5.01. The Labute approximate surface area is 338 Å². The van der Waals surface area contributed by atoms with Crippen molar-refractivity contribution in [3.05, 3.63) is 107 Å². The molecule has 6 N–H and O–H groups in total. The number of hydrogen-bond acceptors (Lipinski definition) is 9. The lowest BCUT2D eigenvalue weighted by Crippen LogP contribution is -2.27. The molecule has 6 atom stereocenters. The van der Waals surface area contributed by atoms with E-state index in [9.17, 15) is 29.7 Å². The van der Waals surface area contributed by atoms with Crippen LogP contribution >= 0.6 is 0 Å². The molecular weight excluding hydrogens is 737 g/mol. The number of carboxylic acids is 3. The van der Waals surface area contributed by atoms with Crippen molar-refractivity contribution in [2.75, 3.05) is 39.3 Å². The highest BCUT2D eigenvalue weighted by molar-refractivity contribution is 5.80. The molecule has 3 fully saturated rings. The van der Waals surface area contributed by atoms with Gasteiger partial charge in [0.25, 0.3) is 0 Å². The van der Waals surface area contributed by atoms with Gasteiger partial charge in [0.1, 0.15) is 22.7 Å². The van der Waals surface area contributed by atoms with Crippen LogP contribution < -0.4 is 16.0 Å². The number of hydrogen-bond donors (Lipinski definition) is 6. The van der Waals surface area contributed by atoms with Gasteiger partial charge in [0, 0.05) is 17.3 Å². The summed E-state index contributed by atoms with van der Waals surface area (Å²) in [6.07, 6.45) is 3.97. The molecule has 0 radical (unpaired) electrons. The van der Waals surface area contributed by atoms with E-state index in [2.05, 4.69) is 33.0 Å². The zero-order valence-corrected chi connectivity index (χ0v) is 32.8. The number of carbonyl (C=O) groups is 3. The summed E-state index contributed by atoms with van der Waals surface area (Å²) >= 11 is 0. The number of carboxylic acid groups (broad SMARTS) is 3. The van der Waals surface area contributed by atoms with Crippen LogP contribution in [0.4, 0.5) is 0 Å². The van der Waals surface area contributed by atoms with E-state index >= 15 is 0 Å². The van der Waals surface area contributed by atoms with E-state index < -0.39 is 35.7 Å². The maximum atomic E-state index is 12.3. The molecule has 6 unspecified atom stereocenters. The van der Waals surface area contributed by atoms with Crippen molar-refractivity contribution in [3.63, 3.8) is 0 Å². The Balaban J connectivity index is 1.04. The Kier molecular flexibility index (Phi) is 12.3. The maximum absolute atomic E-state index is 12.3. The maximum Gasteiger partial charge on any atom is 0.307 e. The van der Waals surface area contributed by atoms with Gasteiger partial charge in [-0.2, -0.15) is 0 Å². The first-order chi connectivity index (χ1) is 28.1. The average molecular weight is 791 g/mol.